The molecule has 1 aromatic heterocycles. The normalized spacial score (nSPS) is 19.0. The predicted octanol–water partition coefficient (Wildman–Crippen LogP) is 4.07. The summed E-state index contributed by atoms with van der Waals surface area (Å²) in [6.45, 7) is 0.193. The minimum atomic E-state index is -1.30. The number of aliphatic hydroxyl groups is 1. The fraction of sp³-hybridized carbons (Fsp3) is 0.400. The fourth-order valence-electron chi connectivity index (χ4n) is 2.63. The molecule has 1 unspecified atom stereocenters. The first-order chi connectivity index (χ1) is 10.3. The molecule has 118 valence electrons. The van der Waals surface area contributed by atoms with Crippen molar-refractivity contribution in [1.29, 1.82) is 0 Å². The topological polar surface area (TPSA) is 38.0 Å². The zero-order valence-corrected chi connectivity index (χ0v) is 13.8. The Labute approximate surface area is 142 Å². The number of halogens is 4. The number of alkyl halides is 1. The first kappa shape index (κ1) is 16.1. The van der Waals surface area contributed by atoms with E-state index in [-0.39, 0.29) is 13.0 Å². The van der Waals surface area contributed by atoms with E-state index < -0.39 is 16.3 Å². The Morgan fingerprint density at radius 3 is 2.64 bits per heavy atom. The maximum atomic E-state index is 14.1. The average molecular weight is 364 g/mol. The van der Waals surface area contributed by atoms with E-state index in [1.807, 2.05) is 0 Å². The molecule has 1 fully saturated rings. The second kappa shape index (κ2) is 5.68. The molecule has 1 aliphatic rings. The van der Waals surface area contributed by atoms with E-state index in [2.05, 4.69) is 4.98 Å². The maximum Gasteiger partial charge on any atom is 0.146 e. The molecule has 0 spiro atoms. The third kappa shape index (κ3) is 3.11. The van der Waals surface area contributed by atoms with Gasteiger partial charge in [0.05, 0.1) is 17.7 Å². The highest BCUT2D eigenvalue weighted by molar-refractivity contribution is 6.30. The van der Waals surface area contributed by atoms with Crippen molar-refractivity contribution < 1.29 is 9.50 Å². The summed E-state index contributed by atoms with van der Waals surface area (Å²) in [4.78, 5) is 3.17. The van der Waals surface area contributed by atoms with Crippen molar-refractivity contribution in [1.82, 2.24) is 9.55 Å². The third-order valence-electron chi connectivity index (χ3n) is 4.07. The lowest BCUT2D eigenvalue weighted by Gasteiger charge is -2.33. The summed E-state index contributed by atoms with van der Waals surface area (Å²) < 4.78 is 15.7. The van der Waals surface area contributed by atoms with Gasteiger partial charge in [-0.15, -0.1) is 11.6 Å². The number of hydrogen-bond donors (Lipinski definition) is 1. The van der Waals surface area contributed by atoms with Crippen LogP contribution in [0.2, 0.25) is 10.2 Å². The van der Waals surface area contributed by atoms with Gasteiger partial charge in [0.25, 0.3) is 0 Å². The van der Waals surface area contributed by atoms with E-state index in [1.54, 1.807) is 22.9 Å². The van der Waals surface area contributed by atoms with Gasteiger partial charge in [0.1, 0.15) is 16.6 Å². The minimum absolute atomic E-state index is 0.0926. The lowest BCUT2D eigenvalue weighted by Crippen LogP contribution is -2.47. The molecule has 1 aromatic carbocycles. The zero-order valence-electron chi connectivity index (χ0n) is 11.6. The van der Waals surface area contributed by atoms with Crippen molar-refractivity contribution in [2.75, 3.05) is 0 Å². The van der Waals surface area contributed by atoms with Crippen molar-refractivity contribution >= 4 is 34.8 Å². The molecule has 0 bridgehead atoms. The molecule has 1 saturated carbocycles. The molecule has 1 N–H and O–H groups in total. The Balaban J connectivity index is 1.89. The van der Waals surface area contributed by atoms with Crippen LogP contribution in [0.25, 0.3) is 0 Å². The maximum absolute atomic E-state index is 14.1. The Morgan fingerprint density at radius 1 is 1.36 bits per heavy atom. The lowest BCUT2D eigenvalue weighted by molar-refractivity contribution is 0.0102. The lowest BCUT2D eigenvalue weighted by atomic mass is 9.88. The summed E-state index contributed by atoms with van der Waals surface area (Å²) >= 11 is 18.0. The minimum Gasteiger partial charge on any atom is -0.386 e. The molecule has 2 aromatic rings. The van der Waals surface area contributed by atoms with Crippen LogP contribution in [0.1, 0.15) is 18.4 Å². The van der Waals surface area contributed by atoms with Crippen molar-refractivity contribution in [3.05, 3.63) is 52.3 Å². The van der Waals surface area contributed by atoms with E-state index in [4.69, 9.17) is 34.8 Å². The number of imidazole rings is 1. The number of aromatic nitrogens is 2. The molecule has 22 heavy (non-hydrogen) atoms. The highest BCUT2D eigenvalue weighted by atomic mass is 35.5. The number of benzene rings is 1. The van der Waals surface area contributed by atoms with Gasteiger partial charge in [-0.3, -0.25) is 0 Å². The van der Waals surface area contributed by atoms with Gasteiger partial charge in [0, 0.05) is 17.6 Å². The summed E-state index contributed by atoms with van der Waals surface area (Å²) in [5.74, 6) is -0.449. The van der Waals surface area contributed by atoms with Crippen LogP contribution in [0.15, 0.2) is 30.7 Å². The first-order valence-corrected chi connectivity index (χ1v) is 7.97. The van der Waals surface area contributed by atoms with Crippen LogP contribution in [0.4, 0.5) is 4.39 Å². The van der Waals surface area contributed by atoms with Gasteiger partial charge in [-0.05, 0) is 30.5 Å². The van der Waals surface area contributed by atoms with E-state index in [0.717, 1.165) is 0 Å². The fourth-order valence-corrected chi connectivity index (χ4v) is 3.18. The zero-order chi connectivity index (χ0) is 16.0. The Morgan fingerprint density at radius 2 is 2.09 bits per heavy atom. The third-order valence-corrected chi connectivity index (χ3v) is 5.23. The Hall–Kier alpha value is -0.810. The molecule has 0 amide bonds. The molecule has 0 radical (unpaired) electrons. The molecular formula is C15H14Cl3FN2O. The summed E-state index contributed by atoms with van der Waals surface area (Å²) in [6, 6.07) is 4.41. The molecule has 3 rings (SSSR count). The van der Waals surface area contributed by atoms with Crippen molar-refractivity contribution in [2.24, 2.45) is 0 Å². The second-order valence-electron chi connectivity index (χ2n) is 5.78. The van der Waals surface area contributed by atoms with Crippen LogP contribution < -0.4 is 0 Å². The highest BCUT2D eigenvalue weighted by Crippen LogP contribution is 2.53. The number of rotatable bonds is 5. The Bertz CT molecular complexity index is 702. The second-order valence-corrected chi connectivity index (χ2v) is 7.33. The summed E-state index contributed by atoms with van der Waals surface area (Å²) in [5.41, 5.74) is -0.919. The molecule has 1 heterocycles. The van der Waals surface area contributed by atoms with E-state index in [1.165, 1.54) is 12.4 Å². The molecular weight excluding hydrogens is 350 g/mol. The molecule has 0 saturated heterocycles. The van der Waals surface area contributed by atoms with E-state index in [0.29, 0.717) is 28.6 Å². The molecule has 1 aliphatic carbocycles. The van der Waals surface area contributed by atoms with Gasteiger partial charge in [-0.1, -0.05) is 29.3 Å². The Kier molecular flexibility index (Phi) is 4.14. The number of nitrogens with zero attached hydrogens (tertiary/aromatic N) is 2. The monoisotopic (exact) mass is 362 g/mol. The highest BCUT2D eigenvalue weighted by Gasteiger charge is 2.58. The quantitative estimate of drug-likeness (QED) is 0.813. The van der Waals surface area contributed by atoms with Gasteiger partial charge in [0.2, 0.25) is 0 Å². The van der Waals surface area contributed by atoms with E-state index in [9.17, 15) is 9.50 Å². The molecule has 7 heteroatoms. The molecule has 3 nitrogen and oxygen atoms in total. The average Bonchev–Trinajstić information content (AvgIpc) is 3.07. The van der Waals surface area contributed by atoms with Gasteiger partial charge in [0.15, 0.2) is 0 Å². The number of hydrogen-bond acceptors (Lipinski definition) is 2. The van der Waals surface area contributed by atoms with Crippen molar-refractivity contribution in [3.8, 4) is 0 Å². The van der Waals surface area contributed by atoms with Gasteiger partial charge < -0.3 is 9.67 Å². The van der Waals surface area contributed by atoms with Crippen LogP contribution in [-0.2, 0) is 13.0 Å². The molecule has 0 aliphatic heterocycles. The first-order valence-electron chi connectivity index (χ1n) is 6.84. The summed E-state index contributed by atoms with van der Waals surface area (Å²) in [6.07, 6.45) is 4.59. The van der Waals surface area contributed by atoms with Gasteiger partial charge >= 0.3 is 0 Å². The predicted molar refractivity (Wildman–Crippen MR) is 85.1 cm³/mol. The van der Waals surface area contributed by atoms with Gasteiger partial charge in [-0.2, -0.15) is 0 Å². The van der Waals surface area contributed by atoms with Crippen molar-refractivity contribution in [3.63, 3.8) is 0 Å². The van der Waals surface area contributed by atoms with Crippen LogP contribution >= 0.6 is 34.8 Å². The SMILES string of the molecule is OC(Cc1ccc(Cl)cc1F)(Cn1cnc(Cl)c1)C1(Cl)CC1. The van der Waals surface area contributed by atoms with Crippen LogP contribution in [0, 0.1) is 5.82 Å². The molecule has 1 atom stereocenters. The van der Waals surface area contributed by atoms with Crippen LogP contribution in [0.5, 0.6) is 0 Å². The summed E-state index contributed by atoms with van der Waals surface area (Å²) in [7, 11) is 0. The van der Waals surface area contributed by atoms with Crippen LogP contribution in [-0.4, -0.2) is 25.1 Å². The largest absolute Gasteiger partial charge is 0.386 e. The van der Waals surface area contributed by atoms with Crippen molar-refractivity contribution in [2.45, 2.75) is 36.3 Å². The van der Waals surface area contributed by atoms with E-state index >= 15 is 0 Å². The smallest absolute Gasteiger partial charge is 0.146 e. The standard InChI is InChI=1S/C15H14Cl3FN2O/c16-11-2-1-10(12(19)5-11)6-15(22,14(18)3-4-14)8-21-7-13(17)20-9-21/h1-2,5,7,9,22H,3-4,6,8H2. The summed E-state index contributed by atoms with van der Waals surface area (Å²) in [5, 5.41) is 11.7. The van der Waals surface area contributed by atoms with Crippen LogP contribution in [0.3, 0.4) is 0 Å². The van der Waals surface area contributed by atoms with Gasteiger partial charge in [-0.25, -0.2) is 9.37 Å².